The van der Waals surface area contributed by atoms with Gasteiger partial charge in [-0.2, -0.15) is 11.8 Å². The molecule has 0 amide bonds. The first-order valence-corrected chi connectivity index (χ1v) is 15.0. The van der Waals surface area contributed by atoms with Crippen molar-refractivity contribution in [1.29, 1.82) is 0 Å². The van der Waals surface area contributed by atoms with E-state index in [1.165, 1.54) is 64.2 Å². The fourth-order valence-electron chi connectivity index (χ4n) is 3.65. The van der Waals surface area contributed by atoms with E-state index in [1.807, 2.05) is 0 Å². The largest absolute Gasteiger partial charge is 0.466 e. The maximum Gasteiger partial charge on any atom is 0.306 e. The van der Waals surface area contributed by atoms with Crippen molar-refractivity contribution in [1.82, 2.24) is 0 Å². The lowest BCUT2D eigenvalue weighted by atomic mass is 10.0. The summed E-state index contributed by atoms with van der Waals surface area (Å²) in [6, 6.07) is 0. The minimum Gasteiger partial charge on any atom is -0.466 e. The Morgan fingerprint density at radius 2 is 0.879 bits per heavy atom. The second-order valence-electron chi connectivity index (χ2n) is 10.2. The highest BCUT2D eigenvalue weighted by atomic mass is 32.2. The quantitative estimate of drug-likeness (QED) is 0.101. The molecule has 196 valence electrons. The number of hydrogen-bond donors (Lipinski definition) is 0. The second-order valence-corrected chi connectivity index (χ2v) is 11.4. The summed E-state index contributed by atoms with van der Waals surface area (Å²) in [5, 5.41) is 0. The first-order chi connectivity index (χ1) is 15.9. The smallest absolute Gasteiger partial charge is 0.306 e. The van der Waals surface area contributed by atoms with Crippen LogP contribution in [0.5, 0.6) is 0 Å². The van der Waals surface area contributed by atoms with Crippen molar-refractivity contribution in [2.75, 3.05) is 24.7 Å². The van der Waals surface area contributed by atoms with Crippen LogP contribution in [0.25, 0.3) is 0 Å². The minimum absolute atomic E-state index is 0.119. The van der Waals surface area contributed by atoms with Gasteiger partial charge in [-0.15, -0.1) is 0 Å². The fraction of sp³-hybridized carbons (Fsp3) is 0.929. The van der Waals surface area contributed by atoms with Gasteiger partial charge in [0.05, 0.1) is 26.1 Å². The Morgan fingerprint density at radius 3 is 1.24 bits per heavy atom. The third kappa shape index (κ3) is 27.4. The number of unbranched alkanes of at least 4 members (excludes halogenated alkanes) is 10. The van der Waals surface area contributed by atoms with Gasteiger partial charge in [0.1, 0.15) is 0 Å². The van der Waals surface area contributed by atoms with Crippen LogP contribution >= 0.6 is 11.8 Å². The molecule has 0 fully saturated rings. The van der Waals surface area contributed by atoms with Crippen LogP contribution in [0.2, 0.25) is 0 Å². The molecule has 0 aromatic rings. The number of carbonyl (C=O) groups excluding carboxylic acids is 2. The van der Waals surface area contributed by atoms with Gasteiger partial charge < -0.3 is 9.47 Å². The van der Waals surface area contributed by atoms with E-state index in [1.54, 1.807) is 11.8 Å². The SMILES string of the molecule is CC(C)CCCCCCCCOC(=O)CCSCCC(=O)OCCCCCCCCC(C)C. The molecule has 0 unspecified atom stereocenters. The van der Waals surface area contributed by atoms with Gasteiger partial charge in [-0.1, -0.05) is 105 Å². The Kier molecular flexibility index (Phi) is 23.9. The van der Waals surface area contributed by atoms with Crippen molar-refractivity contribution in [3.8, 4) is 0 Å². The number of thioether (sulfide) groups is 1. The first kappa shape index (κ1) is 32.3. The molecule has 0 aliphatic heterocycles. The van der Waals surface area contributed by atoms with Crippen LogP contribution in [0.3, 0.4) is 0 Å². The molecule has 0 aromatic heterocycles. The number of esters is 2. The van der Waals surface area contributed by atoms with E-state index in [0.717, 1.165) is 37.5 Å². The molecule has 0 saturated heterocycles. The summed E-state index contributed by atoms with van der Waals surface area (Å²) in [4.78, 5) is 23.5. The molecule has 0 heterocycles. The van der Waals surface area contributed by atoms with Gasteiger partial charge in [-0.25, -0.2) is 0 Å². The van der Waals surface area contributed by atoms with Crippen LogP contribution < -0.4 is 0 Å². The van der Waals surface area contributed by atoms with Crippen molar-refractivity contribution >= 4 is 23.7 Å². The van der Waals surface area contributed by atoms with Gasteiger partial charge in [0.25, 0.3) is 0 Å². The van der Waals surface area contributed by atoms with Crippen LogP contribution in [-0.4, -0.2) is 36.7 Å². The van der Waals surface area contributed by atoms with Crippen LogP contribution in [0.4, 0.5) is 0 Å². The molecule has 0 atom stereocenters. The molecule has 4 nitrogen and oxygen atoms in total. The molecule has 0 bridgehead atoms. The molecule has 0 N–H and O–H groups in total. The maximum absolute atomic E-state index is 11.8. The van der Waals surface area contributed by atoms with E-state index in [4.69, 9.17) is 9.47 Å². The summed E-state index contributed by atoms with van der Waals surface area (Å²) in [7, 11) is 0. The minimum atomic E-state index is -0.119. The Morgan fingerprint density at radius 1 is 0.545 bits per heavy atom. The molecule has 33 heavy (non-hydrogen) atoms. The number of ether oxygens (including phenoxy) is 2. The highest BCUT2D eigenvalue weighted by molar-refractivity contribution is 7.99. The van der Waals surface area contributed by atoms with Crippen molar-refractivity contribution in [2.24, 2.45) is 11.8 Å². The van der Waals surface area contributed by atoms with Gasteiger partial charge in [-0.05, 0) is 24.7 Å². The Bertz CT molecular complexity index is 411. The first-order valence-electron chi connectivity index (χ1n) is 13.8. The van der Waals surface area contributed by atoms with Gasteiger partial charge >= 0.3 is 11.9 Å². The lowest BCUT2D eigenvalue weighted by Gasteiger charge is -2.07. The summed E-state index contributed by atoms with van der Waals surface area (Å²) in [5.41, 5.74) is 0. The third-order valence-corrected chi connectivity index (χ3v) is 6.76. The van der Waals surface area contributed by atoms with Crippen LogP contribution in [0, 0.1) is 11.8 Å². The molecule has 0 aromatic carbocycles. The zero-order valence-corrected chi connectivity index (χ0v) is 23.2. The Labute approximate surface area is 209 Å². The molecule has 0 rings (SSSR count). The van der Waals surface area contributed by atoms with Crippen molar-refractivity contribution in [2.45, 2.75) is 130 Å². The number of rotatable bonds is 24. The molecule has 0 saturated carbocycles. The standard InChI is InChI=1S/C28H54O4S/c1-25(2)17-13-9-5-7-11-15-21-31-27(29)19-23-33-24-20-28(30)32-22-16-12-8-6-10-14-18-26(3)4/h25-26H,5-24H2,1-4H3. The highest BCUT2D eigenvalue weighted by Gasteiger charge is 2.06. The Hall–Kier alpha value is -0.710. The average Bonchev–Trinajstić information content (AvgIpc) is 2.76. The van der Waals surface area contributed by atoms with Gasteiger partial charge in [0, 0.05) is 11.5 Å². The molecule has 0 radical (unpaired) electrons. The van der Waals surface area contributed by atoms with E-state index >= 15 is 0 Å². The van der Waals surface area contributed by atoms with Crippen LogP contribution in [0.1, 0.15) is 130 Å². The fourth-order valence-corrected chi connectivity index (χ4v) is 4.48. The number of carbonyl (C=O) groups is 2. The molecule has 0 spiro atoms. The second kappa shape index (κ2) is 24.4. The predicted molar refractivity (Wildman–Crippen MR) is 143 cm³/mol. The van der Waals surface area contributed by atoms with Gasteiger partial charge in [-0.3, -0.25) is 9.59 Å². The summed E-state index contributed by atoms with van der Waals surface area (Å²) in [6.07, 6.45) is 18.1. The summed E-state index contributed by atoms with van der Waals surface area (Å²) < 4.78 is 10.6. The topological polar surface area (TPSA) is 52.6 Å². The van der Waals surface area contributed by atoms with Gasteiger partial charge in [0.2, 0.25) is 0 Å². The normalized spacial score (nSPS) is 11.3. The summed E-state index contributed by atoms with van der Waals surface area (Å²) in [6.45, 7) is 10.2. The number of hydrogen-bond acceptors (Lipinski definition) is 5. The van der Waals surface area contributed by atoms with E-state index in [-0.39, 0.29) is 11.9 Å². The van der Waals surface area contributed by atoms with Crippen LogP contribution in [0.15, 0.2) is 0 Å². The van der Waals surface area contributed by atoms with E-state index < -0.39 is 0 Å². The van der Waals surface area contributed by atoms with Crippen molar-refractivity contribution in [3.63, 3.8) is 0 Å². The molecular formula is C28H54O4S. The predicted octanol–water partition coefficient (Wildman–Crippen LogP) is 8.36. The van der Waals surface area contributed by atoms with Crippen LogP contribution in [-0.2, 0) is 19.1 Å². The van der Waals surface area contributed by atoms with Gasteiger partial charge in [0.15, 0.2) is 0 Å². The molecule has 5 heteroatoms. The van der Waals surface area contributed by atoms with Crippen molar-refractivity contribution in [3.05, 3.63) is 0 Å². The zero-order valence-electron chi connectivity index (χ0n) is 22.3. The summed E-state index contributed by atoms with van der Waals surface area (Å²) in [5.74, 6) is 2.80. The average molecular weight is 487 g/mol. The van der Waals surface area contributed by atoms with E-state index in [0.29, 0.717) is 37.6 Å². The maximum atomic E-state index is 11.8. The van der Waals surface area contributed by atoms with Crippen molar-refractivity contribution < 1.29 is 19.1 Å². The highest BCUT2D eigenvalue weighted by Crippen LogP contribution is 2.13. The monoisotopic (exact) mass is 486 g/mol. The zero-order chi connectivity index (χ0) is 24.6. The molecular weight excluding hydrogens is 432 g/mol. The lowest BCUT2D eigenvalue weighted by Crippen LogP contribution is -2.09. The lowest BCUT2D eigenvalue weighted by molar-refractivity contribution is -0.144. The molecule has 0 aliphatic carbocycles. The van der Waals surface area contributed by atoms with E-state index in [9.17, 15) is 9.59 Å². The summed E-state index contributed by atoms with van der Waals surface area (Å²) >= 11 is 1.62. The molecule has 0 aliphatic rings. The Balaban J connectivity index is 3.31. The van der Waals surface area contributed by atoms with E-state index in [2.05, 4.69) is 27.7 Å². The third-order valence-electron chi connectivity index (χ3n) is 5.78.